The Hall–Kier alpha value is -2.52. The molecular formula is C23H25ClN4O4. The van der Waals surface area contributed by atoms with E-state index < -0.39 is 12.4 Å². The van der Waals surface area contributed by atoms with Crippen molar-refractivity contribution < 1.29 is 14.6 Å². The van der Waals surface area contributed by atoms with Crippen molar-refractivity contribution in [2.75, 3.05) is 11.9 Å². The Labute approximate surface area is 190 Å². The molecule has 2 aliphatic heterocycles. The van der Waals surface area contributed by atoms with Gasteiger partial charge in [0, 0.05) is 24.2 Å². The van der Waals surface area contributed by atoms with Gasteiger partial charge in [-0.2, -0.15) is 0 Å². The molecule has 2 aliphatic rings. The Bertz CT molecular complexity index is 1230. The van der Waals surface area contributed by atoms with E-state index >= 15 is 0 Å². The Balaban J connectivity index is 1.51. The largest absolute Gasteiger partial charge is 0.386 e. The number of aromatic nitrogens is 3. The lowest BCUT2D eigenvalue weighted by molar-refractivity contribution is -0.156. The van der Waals surface area contributed by atoms with E-state index in [1.54, 1.807) is 17.8 Å². The van der Waals surface area contributed by atoms with Crippen LogP contribution in [0.1, 0.15) is 25.3 Å². The number of fused-ring (bicyclic) bond motifs is 3. The maximum Gasteiger partial charge on any atom is 0.258 e. The minimum absolute atomic E-state index is 0.0344. The maximum atomic E-state index is 12.6. The first-order chi connectivity index (χ1) is 15.4. The Kier molecular flexibility index (Phi) is 5.63. The van der Waals surface area contributed by atoms with Crippen LogP contribution in [0.5, 0.6) is 0 Å². The number of nitrogens with zero attached hydrogens (tertiary/aromatic N) is 3. The highest BCUT2D eigenvalue weighted by Gasteiger charge is 2.43. The van der Waals surface area contributed by atoms with Gasteiger partial charge < -0.3 is 24.5 Å². The van der Waals surface area contributed by atoms with Crippen LogP contribution in [-0.2, 0) is 22.9 Å². The number of hydrogen-bond donors (Lipinski definition) is 2. The summed E-state index contributed by atoms with van der Waals surface area (Å²) in [4.78, 5) is 21.6. The monoisotopic (exact) mass is 456 g/mol. The average Bonchev–Trinajstić information content (AvgIpc) is 3.20. The van der Waals surface area contributed by atoms with Crippen LogP contribution in [0.2, 0.25) is 5.02 Å². The van der Waals surface area contributed by atoms with Crippen LogP contribution in [0, 0.1) is 0 Å². The molecule has 4 atom stereocenters. The average molecular weight is 457 g/mol. The second-order valence-electron chi connectivity index (χ2n) is 8.41. The third-order valence-corrected chi connectivity index (χ3v) is 6.37. The van der Waals surface area contributed by atoms with Crippen molar-refractivity contribution in [3.8, 4) is 11.3 Å². The van der Waals surface area contributed by atoms with E-state index in [-0.39, 0.29) is 17.7 Å². The highest BCUT2D eigenvalue weighted by atomic mass is 35.5. The number of benzene rings is 1. The molecule has 2 bridgehead atoms. The Morgan fingerprint density at radius 1 is 1.34 bits per heavy atom. The van der Waals surface area contributed by atoms with Crippen LogP contribution in [0.15, 0.2) is 35.4 Å². The zero-order valence-corrected chi connectivity index (χ0v) is 18.7. The van der Waals surface area contributed by atoms with Crippen molar-refractivity contribution in [1.29, 1.82) is 0 Å². The summed E-state index contributed by atoms with van der Waals surface area (Å²) < 4.78 is 12.7. The van der Waals surface area contributed by atoms with Crippen LogP contribution in [-0.4, -0.2) is 50.8 Å². The zero-order valence-electron chi connectivity index (χ0n) is 17.9. The first-order valence-electron chi connectivity index (χ1n) is 10.8. The second kappa shape index (κ2) is 8.44. The first-order valence-corrected chi connectivity index (χ1v) is 11.2. The van der Waals surface area contributed by atoms with Crippen molar-refractivity contribution in [3.05, 3.63) is 51.5 Å². The Morgan fingerprint density at radius 2 is 2.19 bits per heavy atom. The fraction of sp³-hybridized carbons (Fsp3) is 0.435. The Morgan fingerprint density at radius 3 is 3.00 bits per heavy atom. The van der Waals surface area contributed by atoms with Gasteiger partial charge in [-0.15, -0.1) is 0 Å². The molecule has 0 spiro atoms. The van der Waals surface area contributed by atoms with Gasteiger partial charge in [-0.3, -0.25) is 4.79 Å². The van der Waals surface area contributed by atoms with Crippen molar-refractivity contribution in [3.63, 3.8) is 0 Å². The molecule has 168 valence electrons. The third kappa shape index (κ3) is 3.77. The molecule has 2 fully saturated rings. The van der Waals surface area contributed by atoms with Crippen molar-refractivity contribution >= 4 is 28.3 Å². The van der Waals surface area contributed by atoms with E-state index in [0.717, 1.165) is 29.4 Å². The van der Waals surface area contributed by atoms with Gasteiger partial charge in [0.25, 0.3) is 5.56 Å². The van der Waals surface area contributed by atoms with Crippen molar-refractivity contribution in [2.24, 2.45) is 7.05 Å². The highest BCUT2D eigenvalue weighted by molar-refractivity contribution is 6.33. The van der Waals surface area contributed by atoms with Gasteiger partial charge in [-0.1, -0.05) is 31.0 Å². The summed E-state index contributed by atoms with van der Waals surface area (Å²) >= 11 is 6.46. The topological polar surface area (TPSA) is 98.5 Å². The summed E-state index contributed by atoms with van der Waals surface area (Å²) in [5, 5.41) is 15.7. The second-order valence-corrected chi connectivity index (χ2v) is 8.82. The molecule has 8 nitrogen and oxygen atoms in total. The molecule has 5 rings (SSSR count). The van der Waals surface area contributed by atoms with Crippen molar-refractivity contribution in [2.45, 2.75) is 50.7 Å². The highest BCUT2D eigenvalue weighted by Crippen LogP contribution is 2.32. The summed E-state index contributed by atoms with van der Waals surface area (Å²) in [6.45, 7) is 2.59. The number of hydrogen-bond acceptors (Lipinski definition) is 7. The number of aryl methyl sites for hydroxylation is 2. The van der Waals surface area contributed by atoms with Crippen LogP contribution in [0.25, 0.3) is 22.0 Å². The smallest absolute Gasteiger partial charge is 0.258 e. The predicted octanol–water partition coefficient (Wildman–Crippen LogP) is 2.89. The molecule has 2 N–H and O–H groups in total. The van der Waals surface area contributed by atoms with E-state index in [1.807, 2.05) is 24.4 Å². The molecule has 3 aromatic rings. The zero-order chi connectivity index (χ0) is 22.4. The fourth-order valence-electron chi connectivity index (χ4n) is 4.50. The summed E-state index contributed by atoms with van der Waals surface area (Å²) in [6, 6.07) is 5.37. The van der Waals surface area contributed by atoms with Crippen LogP contribution in [0.4, 0.5) is 5.95 Å². The number of halogens is 1. The number of anilines is 1. The molecular weight excluding hydrogens is 432 g/mol. The summed E-state index contributed by atoms with van der Waals surface area (Å²) in [5.74, 6) is 0.368. The number of pyridine rings is 1. The molecule has 2 aromatic heterocycles. The lowest BCUT2D eigenvalue weighted by atomic mass is 10.00. The van der Waals surface area contributed by atoms with E-state index in [9.17, 15) is 9.90 Å². The van der Waals surface area contributed by atoms with E-state index in [2.05, 4.69) is 22.2 Å². The van der Waals surface area contributed by atoms with Crippen LogP contribution >= 0.6 is 11.6 Å². The first kappa shape index (κ1) is 21.3. The molecule has 0 amide bonds. The number of ether oxygens (including phenoxy) is 2. The van der Waals surface area contributed by atoms with Crippen molar-refractivity contribution in [1.82, 2.24) is 14.5 Å². The molecule has 9 heteroatoms. The van der Waals surface area contributed by atoms with Crippen LogP contribution < -0.4 is 10.9 Å². The molecule has 2 saturated heterocycles. The van der Waals surface area contributed by atoms with E-state index in [4.69, 9.17) is 21.1 Å². The molecule has 4 heterocycles. The minimum Gasteiger partial charge on any atom is -0.386 e. The van der Waals surface area contributed by atoms with Gasteiger partial charge in [0.05, 0.1) is 35.7 Å². The van der Waals surface area contributed by atoms with E-state index in [1.165, 1.54) is 0 Å². The van der Waals surface area contributed by atoms with Gasteiger partial charge in [0.15, 0.2) is 6.29 Å². The lowest BCUT2D eigenvalue weighted by Gasteiger charge is -2.32. The number of aliphatic hydroxyl groups excluding tert-OH is 1. The SMILES string of the molecule is CCCc1cn(C)c(=O)c2ccc(-c3nc(N[C@@H]4C[C@H]5CO[C@H](O5)[C@H]4O)ncc3Cl)cc12. The number of rotatable bonds is 5. The van der Waals surface area contributed by atoms with Gasteiger partial charge in [-0.05, 0) is 35.9 Å². The number of aliphatic hydroxyl groups is 1. The lowest BCUT2D eigenvalue weighted by Crippen LogP contribution is -2.48. The molecule has 0 saturated carbocycles. The third-order valence-electron chi connectivity index (χ3n) is 6.10. The van der Waals surface area contributed by atoms with Gasteiger partial charge >= 0.3 is 0 Å². The fourth-order valence-corrected chi connectivity index (χ4v) is 4.70. The van der Waals surface area contributed by atoms with E-state index in [0.29, 0.717) is 35.1 Å². The summed E-state index contributed by atoms with van der Waals surface area (Å²) in [7, 11) is 1.77. The predicted molar refractivity (Wildman–Crippen MR) is 122 cm³/mol. The molecule has 0 radical (unpaired) electrons. The quantitative estimate of drug-likeness (QED) is 0.609. The molecule has 0 aliphatic carbocycles. The van der Waals surface area contributed by atoms with Gasteiger partial charge in [0.2, 0.25) is 5.95 Å². The summed E-state index contributed by atoms with van der Waals surface area (Å²) in [5.41, 5.74) is 2.44. The standard InChI is InChI=1S/C23H25ClN4O4/c1-3-4-13-10-28(2)21(30)15-6-5-12(7-16(13)15)19-17(24)9-25-23(27-19)26-18-8-14-11-31-22(32-14)20(18)29/h5-7,9-10,14,18,20,22,29H,3-4,8,11H2,1-2H3,(H,25,26,27)/t14-,18+,20-,22+/m0/s1. The summed E-state index contributed by atoms with van der Waals surface area (Å²) in [6.07, 6.45) is 4.39. The molecule has 0 unspecified atom stereocenters. The molecule has 32 heavy (non-hydrogen) atoms. The van der Waals surface area contributed by atoms with Gasteiger partial charge in [0.1, 0.15) is 6.10 Å². The van der Waals surface area contributed by atoms with Gasteiger partial charge in [-0.25, -0.2) is 9.97 Å². The normalized spacial score (nSPS) is 24.8. The van der Waals surface area contributed by atoms with Crippen LogP contribution in [0.3, 0.4) is 0 Å². The molecule has 1 aromatic carbocycles. The maximum absolute atomic E-state index is 12.6. The minimum atomic E-state index is -0.815. The number of nitrogens with one attached hydrogen (secondary N) is 1.